The number of rotatable bonds is 2. The average Bonchev–Trinajstić information content (AvgIpc) is 2.03. The Balaban J connectivity index is 2.69. The summed E-state index contributed by atoms with van der Waals surface area (Å²) in [7, 11) is 0. The molecule has 0 fully saturated rings. The molecule has 0 spiro atoms. The SMILES string of the molecule is CC#CCOc1cc(Cl)cc(Cl)c1. The molecule has 0 amide bonds. The van der Waals surface area contributed by atoms with Gasteiger partial charge in [-0.05, 0) is 25.1 Å². The van der Waals surface area contributed by atoms with Crippen LogP contribution in [0, 0.1) is 11.8 Å². The summed E-state index contributed by atoms with van der Waals surface area (Å²) in [5.41, 5.74) is 0. The fourth-order valence-electron chi connectivity index (χ4n) is 0.803. The molecule has 0 radical (unpaired) electrons. The topological polar surface area (TPSA) is 9.23 Å². The molecule has 3 heteroatoms. The van der Waals surface area contributed by atoms with Crippen LogP contribution in [0.15, 0.2) is 18.2 Å². The summed E-state index contributed by atoms with van der Waals surface area (Å²) < 4.78 is 5.27. The molecule has 0 bridgehead atoms. The molecule has 0 heterocycles. The highest BCUT2D eigenvalue weighted by Gasteiger charge is 1.97. The molecular formula is C10H8Cl2O. The first kappa shape index (κ1) is 10.2. The van der Waals surface area contributed by atoms with Crippen molar-refractivity contribution in [1.82, 2.24) is 0 Å². The summed E-state index contributed by atoms with van der Waals surface area (Å²) >= 11 is 11.5. The number of hydrogen-bond acceptors (Lipinski definition) is 1. The van der Waals surface area contributed by atoms with Crippen LogP contribution in [0.25, 0.3) is 0 Å². The van der Waals surface area contributed by atoms with E-state index < -0.39 is 0 Å². The zero-order chi connectivity index (χ0) is 9.68. The van der Waals surface area contributed by atoms with Crippen molar-refractivity contribution in [3.05, 3.63) is 28.2 Å². The molecule has 13 heavy (non-hydrogen) atoms. The van der Waals surface area contributed by atoms with E-state index in [1.807, 2.05) is 0 Å². The Morgan fingerprint density at radius 2 is 1.85 bits per heavy atom. The second kappa shape index (κ2) is 5.01. The van der Waals surface area contributed by atoms with E-state index in [9.17, 15) is 0 Å². The molecule has 0 aliphatic carbocycles. The highest BCUT2D eigenvalue weighted by atomic mass is 35.5. The van der Waals surface area contributed by atoms with Crippen molar-refractivity contribution >= 4 is 23.2 Å². The van der Waals surface area contributed by atoms with Gasteiger partial charge in [0.15, 0.2) is 0 Å². The number of ether oxygens (including phenoxy) is 1. The van der Waals surface area contributed by atoms with Crippen molar-refractivity contribution in [3.8, 4) is 17.6 Å². The van der Waals surface area contributed by atoms with Gasteiger partial charge in [0.25, 0.3) is 0 Å². The Bertz CT molecular complexity index is 329. The number of benzene rings is 1. The summed E-state index contributed by atoms with van der Waals surface area (Å²) in [6, 6.07) is 5.05. The van der Waals surface area contributed by atoms with Gasteiger partial charge in [0, 0.05) is 10.0 Å². The molecule has 0 unspecified atom stereocenters. The second-order valence-corrected chi connectivity index (χ2v) is 3.19. The smallest absolute Gasteiger partial charge is 0.149 e. The first-order valence-corrected chi connectivity index (χ1v) is 4.46. The van der Waals surface area contributed by atoms with Gasteiger partial charge < -0.3 is 4.74 Å². The first-order valence-electron chi connectivity index (χ1n) is 3.71. The highest BCUT2D eigenvalue weighted by Crippen LogP contribution is 2.23. The van der Waals surface area contributed by atoms with Crippen LogP contribution >= 0.6 is 23.2 Å². The minimum Gasteiger partial charge on any atom is -0.481 e. The molecule has 0 aliphatic rings. The van der Waals surface area contributed by atoms with Crippen molar-refractivity contribution < 1.29 is 4.74 Å². The van der Waals surface area contributed by atoms with Gasteiger partial charge in [0.2, 0.25) is 0 Å². The minimum atomic E-state index is 0.354. The predicted molar refractivity (Wildman–Crippen MR) is 55.4 cm³/mol. The van der Waals surface area contributed by atoms with Crippen molar-refractivity contribution in [2.45, 2.75) is 6.92 Å². The van der Waals surface area contributed by atoms with E-state index in [1.54, 1.807) is 25.1 Å². The maximum Gasteiger partial charge on any atom is 0.149 e. The predicted octanol–water partition coefficient (Wildman–Crippen LogP) is 3.40. The zero-order valence-corrected chi connectivity index (χ0v) is 8.62. The Labute approximate surface area is 87.6 Å². The summed E-state index contributed by atoms with van der Waals surface area (Å²) in [5.74, 6) is 6.14. The van der Waals surface area contributed by atoms with Crippen LogP contribution in [0.5, 0.6) is 5.75 Å². The molecule has 0 atom stereocenters. The lowest BCUT2D eigenvalue weighted by molar-refractivity contribution is 0.370. The van der Waals surface area contributed by atoms with E-state index in [1.165, 1.54) is 0 Å². The number of hydrogen-bond donors (Lipinski definition) is 0. The van der Waals surface area contributed by atoms with E-state index in [2.05, 4.69) is 11.8 Å². The van der Waals surface area contributed by atoms with Crippen molar-refractivity contribution in [2.24, 2.45) is 0 Å². The van der Waals surface area contributed by atoms with Crippen LogP contribution in [-0.4, -0.2) is 6.61 Å². The lowest BCUT2D eigenvalue weighted by Gasteiger charge is -2.02. The lowest BCUT2D eigenvalue weighted by Crippen LogP contribution is -1.93. The van der Waals surface area contributed by atoms with Crippen molar-refractivity contribution in [3.63, 3.8) is 0 Å². The van der Waals surface area contributed by atoms with Gasteiger partial charge in [-0.2, -0.15) is 0 Å². The summed E-state index contributed by atoms with van der Waals surface area (Å²) in [5, 5.41) is 1.12. The third kappa shape index (κ3) is 3.59. The average molecular weight is 215 g/mol. The molecule has 68 valence electrons. The molecule has 0 N–H and O–H groups in total. The van der Waals surface area contributed by atoms with Gasteiger partial charge >= 0.3 is 0 Å². The Kier molecular flexibility index (Phi) is 3.95. The maximum absolute atomic E-state index is 5.76. The van der Waals surface area contributed by atoms with Gasteiger partial charge in [-0.15, -0.1) is 5.92 Å². The summed E-state index contributed by atoms with van der Waals surface area (Å²) in [6.45, 7) is 2.11. The van der Waals surface area contributed by atoms with Crippen LogP contribution in [0.1, 0.15) is 6.92 Å². The molecule has 1 rings (SSSR count). The van der Waals surface area contributed by atoms with E-state index in [0.29, 0.717) is 22.4 Å². The first-order chi connectivity index (χ1) is 6.22. The van der Waals surface area contributed by atoms with Crippen LogP contribution in [-0.2, 0) is 0 Å². The third-order valence-electron chi connectivity index (χ3n) is 1.32. The monoisotopic (exact) mass is 214 g/mol. The van der Waals surface area contributed by atoms with Crippen LogP contribution < -0.4 is 4.74 Å². The quantitative estimate of drug-likeness (QED) is 0.687. The van der Waals surface area contributed by atoms with E-state index >= 15 is 0 Å². The van der Waals surface area contributed by atoms with Gasteiger partial charge in [-0.1, -0.05) is 29.1 Å². The molecule has 1 aromatic rings. The molecule has 0 aromatic heterocycles. The fraction of sp³-hybridized carbons (Fsp3) is 0.200. The largest absolute Gasteiger partial charge is 0.481 e. The Morgan fingerprint density at radius 3 is 2.38 bits per heavy atom. The molecular weight excluding hydrogens is 207 g/mol. The van der Waals surface area contributed by atoms with Crippen LogP contribution in [0.2, 0.25) is 10.0 Å². The van der Waals surface area contributed by atoms with E-state index in [-0.39, 0.29) is 0 Å². The van der Waals surface area contributed by atoms with Crippen LogP contribution in [0.4, 0.5) is 0 Å². The maximum atomic E-state index is 5.76. The van der Waals surface area contributed by atoms with Gasteiger partial charge in [-0.3, -0.25) is 0 Å². The molecule has 0 aliphatic heterocycles. The van der Waals surface area contributed by atoms with Gasteiger partial charge in [-0.25, -0.2) is 0 Å². The fourth-order valence-corrected chi connectivity index (χ4v) is 1.31. The van der Waals surface area contributed by atoms with Crippen LogP contribution in [0.3, 0.4) is 0 Å². The van der Waals surface area contributed by atoms with Crippen molar-refractivity contribution in [2.75, 3.05) is 6.61 Å². The summed E-state index contributed by atoms with van der Waals surface area (Å²) in [4.78, 5) is 0. The van der Waals surface area contributed by atoms with Gasteiger partial charge in [0.05, 0.1) is 0 Å². The highest BCUT2D eigenvalue weighted by molar-refractivity contribution is 6.34. The molecule has 0 saturated carbocycles. The van der Waals surface area contributed by atoms with E-state index in [0.717, 1.165) is 0 Å². The third-order valence-corrected chi connectivity index (χ3v) is 1.76. The second-order valence-electron chi connectivity index (χ2n) is 2.32. The minimum absolute atomic E-state index is 0.354. The molecule has 1 nitrogen and oxygen atoms in total. The standard InChI is InChI=1S/C10H8Cl2O/c1-2-3-4-13-10-6-8(11)5-9(12)7-10/h5-7H,4H2,1H3. The zero-order valence-electron chi connectivity index (χ0n) is 7.10. The van der Waals surface area contributed by atoms with Gasteiger partial charge in [0.1, 0.15) is 12.4 Å². The molecule has 1 aromatic carbocycles. The lowest BCUT2D eigenvalue weighted by atomic mass is 10.3. The Morgan fingerprint density at radius 1 is 1.23 bits per heavy atom. The number of halogens is 2. The molecule has 0 saturated heterocycles. The Hall–Kier alpha value is -0.840. The van der Waals surface area contributed by atoms with E-state index in [4.69, 9.17) is 27.9 Å². The van der Waals surface area contributed by atoms with Crippen molar-refractivity contribution in [1.29, 1.82) is 0 Å². The summed E-state index contributed by atoms with van der Waals surface area (Å²) in [6.07, 6.45) is 0. The normalized spacial score (nSPS) is 8.85.